The molecule has 0 spiro atoms. The third-order valence-corrected chi connectivity index (χ3v) is 5.06. The molecule has 0 saturated carbocycles. The van der Waals surface area contributed by atoms with Gasteiger partial charge >= 0.3 is 0 Å². The first-order chi connectivity index (χ1) is 13.6. The van der Waals surface area contributed by atoms with E-state index in [4.69, 9.17) is 12.2 Å². The summed E-state index contributed by atoms with van der Waals surface area (Å²) >= 11 is 7.44. The Kier molecular flexibility index (Phi) is 5.36. The number of anilines is 1. The minimum atomic E-state index is -0.243. The van der Waals surface area contributed by atoms with Gasteiger partial charge in [-0.3, -0.25) is 10.1 Å². The van der Waals surface area contributed by atoms with Crippen LogP contribution in [0.1, 0.15) is 10.4 Å². The van der Waals surface area contributed by atoms with E-state index in [1.165, 1.54) is 0 Å². The maximum atomic E-state index is 12.2. The normalized spacial score (nSPS) is 10.6. The van der Waals surface area contributed by atoms with Gasteiger partial charge in [-0.15, -0.1) is 0 Å². The fourth-order valence-electron chi connectivity index (χ4n) is 2.74. The maximum absolute atomic E-state index is 12.2. The number of carbonyl (C=O) groups excluding carboxylic acids is 1. The van der Waals surface area contributed by atoms with Crippen molar-refractivity contribution < 1.29 is 4.79 Å². The molecule has 0 radical (unpaired) electrons. The fraction of sp³-hybridized carbons (Fsp3) is 0. The number of H-pyrrole nitrogens is 1. The zero-order valence-electron chi connectivity index (χ0n) is 14.6. The van der Waals surface area contributed by atoms with E-state index in [0.717, 1.165) is 31.7 Å². The third-order valence-electron chi connectivity index (χ3n) is 4.14. The Balaban J connectivity index is 1.41. The Morgan fingerprint density at radius 3 is 2.39 bits per heavy atom. The van der Waals surface area contributed by atoms with Crippen molar-refractivity contribution in [2.75, 3.05) is 5.32 Å². The van der Waals surface area contributed by atoms with Crippen LogP contribution in [0.3, 0.4) is 0 Å². The number of carbonyl (C=O) groups is 1. The summed E-state index contributed by atoms with van der Waals surface area (Å²) in [6, 6.07) is 22.9. The van der Waals surface area contributed by atoms with Gasteiger partial charge in [-0.1, -0.05) is 12.1 Å². The SMILES string of the molecule is O=C(NC(=S)Nc1ccc(-c2nc3ccccc3[nH]2)cc1)c1ccc(I)cc1. The Bertz CT molecular complexity index is 1120. The minimum Gasteiger partial charge on any atom is -0.338 e. The monoisotopic (exact) mass is 498 g/mol. The number of hydrogen-bond acceptors (Lipinski definition) is 3. The highest BCUT2D eigenvalue weighted by Gasteiger charge is 2.09. The van der Waals surface area contributed by atoms with E-state index in [9.17, 15) is 4.79 Å². The van der Waals surface area contributed by atoms with Crippen LogP contribution in [0.5, 0.6) is 0 Å². The molecule has 1 heterocycles. The lowest BCUT2D eigenvalue weighted by Gasteiger charge is -2.10. The molecule has 0 fully saturated rings. The van der Waals surface area contributed by atoms with Crippen LogP contribution in [0.2, 0.25) is 0 Å². The Morgan fingerprint density at radius 1 is 0.964 bits per heavy atom. The summed E-state index contributed by atoms with van der Waals surface area (Å²) in [5.74, 6) is 0.565. The van der Waals surface area contributed by atoms with Crippen LogP contribution in [0, 0.1) is 3.57 Å². The van der Waals surface area contributed by atoms with E-state index in [1.54, 1.807) is 12.1 Å². The Hall–Kier alpha value is -2.78. The molecule has 1 aromatic heterocycles. The number of nitrogens with one attached hydrogen (secondary N) is 3. The van der Waals surface area contributed by atoms with E-state index < -0.39 is 0 Å². The van der Waals surface area contributed by atoms with E-state index in [-0.39, 0.29) is 11.0 Å². The third kappa shape index (κ3) is 4.20. The first-order valence-corrected chi connectivity index (χ1v) is 10.0. The lowest BCUT2D eigenvalue weighted by Crippen LogP contribution is -2.34. The molecule has 3 aromatic carbocycles. The van der Waals surface area contributed by atoms with Gasteiger partial charge in [0.1, 0.15) is 5.82 Å². The van der Waals surface area contributed by atoms with Crippen LogP contribution < -0.4 is 10.6 Å². The molecule has 0 aliphatic heterocycles. The molecule has 0 saturated heterocycles. The van der Waals surface area contributed by atoms with Gasteiger partial charge in [0.2, 0.25) is 0 Å². The minimum absolute atomic E-state index is 0.243. The van der Waals surface area contributed by atoms with Crippen molar-refractivity contribution in [3.05, 3.63) is 81.9 Å². The first-order valence-electron chi connectivity index (χ1n) is 8.51. The maximum Gasteiger partial charge on any atom is 0.257 e. The van der Waals surface area contributed by atoms with Crippen molar-refractivity contribution in [2.45, 2.75) is 0 Å². The number of benzene rings is 3. The molecule has 28 heavy (non-hydrogen) atoms. The van der Waals surface area contributed by atoms with Crippen molar-refractivity contribution in [1.29, 1.82) is 0 Å². The number of nitrogens with zero attached hydrogens (tertiary/aromatic N) is 1. The number of amides is 1. The summed E-state index contributed by atoms with van der Waals surface area (Å²) < 4.78 is 1.07. The average molecular weight is 498 g/mol. The summed E-state index contributed by atoms with van der Waals surface area (Å²) in [6.45, 7) is 0. The van der Waals surface area contributed by atoms with Gasteiger partial charge in [0, 0.05) is 20.4 Å². The van der Waals surface area contributed by atoms with E-state index in [2.05, 4.69) is 43.2 Å². The number of aromatic amines is 1. The van der Waals surface area contributed by atoms with Gasteiger partial charge in [0.25, 0.3) is 5.91 Å². The number of fused-ring (bicyclic) bond motifs is 1. The highest BCUT2D eigenvalue weighted by molar-refractivity contribution is 14.1. The number of hydrogen-bond donors (Lipinski definition) is 3. The number of para-hydroxylation sites is 2. The molecule has 1 amide bonds. The number of rotatable bonds is 3. The highest BCUT2D eigenvalue weighted by atomic mass is 127. The zero-order chi connectivity index (χ0) is 19.5. The van der Waals surface area contributed by atoms with Crippen LogP contribution in [-0.4, -0.2) is 21.0 Å². The van der Waals surface area contributed by atoms with Gasteiger partial charge in [-0.25, -0.2) is 4.98 Å². The number of thiocarbonyl (C=S) groups is 1. The van der Waals surface area contributed by atoms with E-state index >= 15 is 0 Å². The van der Waals surface area contributed by atoms with Crippen molar-refractivity contribution in [3.63, 3.8) is 0 Å². The fourth-order valence-corrected chi connectivity index (χ4v) is 3.31. The average Bonchev–Trinajstić information content (AvgIpc) is 3.13. The highest BCUT2D eigenvalue weighted by Crippen LogP contribution is 2.22. The molecule has 0 aliphatic rings. The summed E-state index contributed by atoms with van der Waals surface area (Å²) in [6.07, 6.45) is 0. The van der Waals surface area contributed by atoms with Gasteiger partial charge in [0.05, 0.1) is 11.0 Å². The molecular formula is C21H15IN4OS. The second-order valence-corrected chi connectivity index (χ2v) is 7.75. The molecule has 4 aromatic rings. The molecule has 3 N–H and O–H groups in total. The largest absolute Gasteiger partial charge is 0.338 e. The van der Waals surface area contributed by atoms with Crippen molar-refractivity contribution >= 4 is 62.5 Å². The second kappa shape index (κ2) is 8.07. The zero-order valence-corrected chi connectivity index (χ0v) is 17.5. The van der Waals surface area contributed by atoms with E-state index in [1.807, 2.05) is 60.7 Å². The Labute approximate surface area is 180 Å². The summed E-state index contributed by atoms with van der Waals surface area (Å²) in [4.78, 5) is 20.1. The molecule has 5 nitrogen and oxygen atoms in total. The lowest BCUT2D eigenvalue weighted by molar-refractivity contribution is 0.0977. The summed E-state index contributed by atoms with van der Waals surface area (Å²) in [5, 5.41) is 5.97. The van der Waals surface area contributed by atoms with Gasteiger partial charge < -0.3 is 10.3 Å². The molecule has 138 valence electrons. The molecule has 0 atom stereocenters. The Morgan fingerprint density at radius 2 is 1.68 bits per heavy atom. The summed E-state index contributed by atoms with van der Waals surface area (Å²) in [7, 11) is 0. The molecule has 7 heteroatoms. The topological polar surface area (TPSA) is 69.8 Å². The van der Waals surface area contributed by atoms with Crippen LogP contribution in [0.15, 0.2) is 72.8 Å². The van der Waals surface area contributed by atoms with E-state index in [0.29, 0.717) is 5.56 Å². The lowest BCUT2D eigenvalue weighted by atomic mass is 10.2. The van der Waals surface area contributed by atoms with Crippen molar-refractivity contribution in [3.8, 4) is 11.4 Å². The van der Waals surface area contributed by atoms with Crippen molar-refractivity contribution in [2.24, 2.45) is 0 Å². The molecule has 0 bridgehead atoms. The van der Waals surface area contributed by atoms with Gasteiger partial charge in [0.15, 0.2) is 5.11 Å². The number of aromatic nitrogens is 2. The molecule has 4 rings (SSSR count). The molecule has 0 aliphatic carbocycles. The smallest absolute Gasteiger partial charge is 0.257 e. The number of imidazole rings is 1. The quantitative estimate of drug-likeness (QED) is 0.276. The predicted octanol–water partition coefficient (Wildman–Crippen LogP) is 4.96. The second-order valence-electron chi connectivity index (χ2n) is 6.10. The predicted molar refractivity (Wildman–Crippen MR) is 124 cm³/mol. The van der Waals surface area contributed by atoms with Crippen LogP contribution >= 0.6 is 34.8 Å². The standard InChI is InChI=1S/C21H15IN4OS/c22-15-9-5-14(6-10-15)20(27)26-21(28)23-16-11-7-13(8-12-16)19-24-17-3-1-2-4-18(17)25-19/h1-12H,(H,24,25)(H2,23,26,27,28). The molecule has 0 unspecified atom stereocenters. The summed E-state index contributed by atoms with van der Waals surface area (Å²) in [5.41, 5.74) is 4.24. The van der Waals surface area contributed by atoms with Crippen LogP contribution in [-0.2, 0) is 0 Å². The van der Waals surface area contributed by atoms with Crippen LogP contribution in [0.25, 0.3) is 22.4 Å². The van der Waals surface area contributed by atoms with Crippen LogP contribution in [0.4, 0.5) is 5.69 Å². The van der Waals surface area contributed by atoms with Gasteiger partial charge in [-0.2, -0.15) is 0 Å². The van der Waals surface area contributed by atoms with Gasteiger partial charge in [-0.05, 0) is 95.5 Å². The number of halogens is 1. The van der Waals surface area contributed by atoms with Crippen molar-refractivity contribution in [1.82, 2.24) is 15.3 Å². The first kappa shape index (κ1) is 18.6. The molecular weight excluding hydrogens is 483 g/mol.